The van der Waals surface area contributed by atoms with E-state index in [4.69, 9.17) is 20.3 Å². The molecule has 0 saturated heterocycles. The van der Waals surface area contributed by atoms with Crippen molar-refractivity contribution < 1.29 is 34.0 Å². The first-order valence-corrected chi connectivity index (χ1v) is 3.12. The monoisotopic (exact) mass is 227 g/mol. The molecule has 0 aromatic rings. The molecule has 4 heteroatoms. The Labute approximate surface area is 54.0 Å². The van der Waals surface area contributed by atoms with E-state index in [1.807, 2.05) is 0 Å². The summed E-state index contributed by atoms with van der Waals surface area (Å²) in [5.74, 6) is 0. The molecule has 0 aliphatic rings. The fourth-order valence-electron chi connectivity index (χ4n) is 0. The third-order valence-electron chi connectivity index (χ3n) is 0. The Morgan fingerprint density at radius 3 is 1.25 bits per heavy atom. The van der Waals surface area contributed by atoms with Crippen LogP contribution in [0.25, 0.3) is 0 Å². The van der Waals surface area contributed by atoms with Crippen molar-refractivity contribution >= 4 is 20.3 Å². The number of hydrogen-bond donors (Lipinski definition) is 0. The second-order valence-corrected chi connectivity index (χ2v) is 1.77. The van der Waals surface area contributed by atoms with Crippen molar-refractivity contribution in [1.29, 1.82) is 0 Å². The van der Waals surface area contributed by atoms with Crippen LogP contribution in [-0.4, -0.2) is 0 Å². The molecule has 0 radical (unpaired) electrons. The van der Waals surface area contributed by atoms with Gasteiger partial charge in [-0.1, -0.05) is 0 Å². The SMILES string of the molecule is [Cl][Co][Cl].[Mo]. The molecule has 0 fully saturated rings. The first kappa shape index (κ1) is 9.24. The van der Waals surface area contributed by atoms with E-state index in [1.165, 1.54) is 0 Å². The average molecular weight is 226 g/mol. The smallest absolute Gasteiger partial charge is 0 e. The molecule has 0 rings (SSSR count). The zero-order chi connectivity index (χ0) is 2.71. The van der Waals surface area contributed by atoms with E-state index in [-0.39, 0.29) is 21.1 Å². The Balaban J connectivity index is 0. The average Bonchev–Trinajstić information content (AvgIpc) is 0.918. The minimum absolute atomic E-state index is 0. The summed E-state index contributed by atoms with van der Waals surface area (Å²) in [5.41, 5.74) is 0. The molecule has 4 heavy (non-hydrogen) atoms. The van der Waals surface area contributed by atoms with Gasteiger partial charge in [0.1, 0.15) is 0 Å². The zero-order valence-corrected chi connectivity index (χ0v) is 6.06. The van der Waals surface area contributed by atoms with Crippen LogP contribution in [0, 0.1) is 0 Å². The van der Waals surface area contributed by atoms with Crippen LogP contribution < -0.4 is 0 Å². The number of halogens is 2. The van der Waals surface area contributed by atoms with Gasteiger partial charge in [-0.2, -0.15) is 0 Å². The molecule has 29 valence electrons. The summed E-state index contributed by atoms with van der Waals surface area (Å²) in [5, 5.41) is 0. The third-order valence-corrected chi connectivity index (χ3v) is 0. The summed E-state index contributed by atoms with van der Waals surface area (Å²) >= 11 is 0.382. The minimum atomic E-state index is 0. The van der Waals surface area contributed by atoms with Crippen molar-refractivity contribution in [3.05, 3.63) is 0 Å². The van der Waals surface area contributed by atoms with Gasteiger partial charge in [0.25, 0.3) is 0 Å². The van der Waals surface area contributed by atoms with Gasteiger partial charge in [-0.25, -0.2) is 0 Å². The normalized spacial score (nSPS) is 5.50. The molecule has 0 saturated carbocycles. The van der Waals surface area contributed by atoms with Crippen molar-refractivity contribution in [1.82, 2.24) is 0 Å². The van der Waals surface area contributed by atoms with Gasteiger partial charge in [0.2, 0.25) is 0 Å². The van der Waals surface area contributed by atoms with Gasteiger partial charge >= 0.3 is 33.2 Å². The van der Waals surface area contributed by atoms with Crippen LogP contribution in [-0.2, 0) is 34.0 Å². The Morgan fingerprint density at radius 2 is 1.25 bits per heavy atom. The summed E-state index contributed by atoms with van der Waals surface area (Å²) in [4.78, 5) is 0. The largest absolute Gasteiger partial charge is 0 e. The second kappa shape index (κ2) is 8.84. The topological polar surface area (TPSA) is 0 Å². The predicted octanol–water partition coefficient (Wildman–Crippen LogP) is 1.37. The molecule has 0 bridgehead atoms. The van der Waals surface area contributed by atoms with Crippen LogP contribution in [0.4, 0.5) is 0 Å². The van der Waals surface area contributed by atoms with E-state index in [9.17, 15) is 0 Å². The first-order chi connectivity index (χ1) is 1.41. The van der Waals surface area contributed by atoms with Gasteiger partial charge in [-0.15, -0.1) is 0 Å². The Morgan fingerprint density at radius 1 is 1.25 bits per heavy atom. The van der Waals surface area contributed by atoms with Crippen LogP contribution >= 0.6 is 20.3 Å². The molecule has 0 unspecified atom stereocenters. The van der Waals surface area contributed by atoms with Crippen molar-refractivity contribution in [3.63, 3.8) is 0 Å². The van der Waals surface area contributed by atoms with E-state index in [0.29, 0.717) is 12.9 Å². The molecule has 0 amide bonds. The van der Waals surface area contributed by atoms with Crippen molar-refractivity contribution in [2.24, 2.45) is 0 Å². The first-order valence-electron chi connectivity index (χ1n) is 0.252. The summed E-state index contributed by atoms with van der Waals surface area (Å²) in [6.45, 7) is 0. The molecule has 0 spiro atoms. The van der Waals surface area contributed by atoms with Crippen molar-refractivity contribution in [2.75, 3.05) is 0 Å². The quantitative estimate of drug-likeness (QED) is 0.547. The minimum Gasteiger partial charge on any atom is 0 e. The van der Waals surface area contributed by atoms with Crippen LogP contribution in [0.3, 0.4) is 0 Å². The second-order valence-electron chi connectivity index (χ2n) is 0.0476. The summed E-state index contributed by atoms with van der Waals surface area (Å²) < 4.78 is 0. The van der Waals surface area contributed by atoms with Gasteiger partial charge in [-0.3, -0.25) is 0 Å². The molecule has 0 aliphatic heterocycles. The van der Waals surface area contributed by atoms with Gasteiger partial charge < -0.3 is 0 Å². The fraction of sp³-hybridized carbons (Fsp3) is 0. The van der Waals surface area contributed by atoms with E-state index in [1.54, 1.807) is 0 Å². The number of hydrogen-bond acceptors (Lipinski definition) is 0. The molecule has 0 aromatic carbocycles. The number of rotatable bonds is 0. The van der Waals surface area contributed by atoms with E-state index < -0.39 is 0 Å². The van der Waals surface area contributed by atoms with E-state index >= 15 is 0 Å². The molecule has 0 aromatic heterocycles. The Hall–Kier alpha value is 1.77. The van der Waals surface area contributed by atoms with Crippen LogP contribution in [0.1, 0.15) is 0 Å². The molecule has 0 atom stereocenters. The Bertz CT molecular complexity index is 6.00. The molecule has 0 aliphatic carbocycles. The maximum absolute atomic E-state index is 4.73. The maximum atomic E-state index is 4.73. The van der Waals surface area contributed by atoms with Gasteiger partial charge in [0.05, 0.1) is 0 Å². The van der Waals surface area contributed by atoms with Gasteiger partial charge in [0, 0.05) is 21.1 Å². The van der Waals surface area contributed by atoms with Crippen molar-refractivity contribution in [2.45, 2.75) is 0 Å². The fourth-order valence-corrected chi connectivity index (χ4v) is 0. The molecule has 0 heterocycles. The van der Waals surface area contributed by atoms with Crippen molar-refractivity contribution in [3.8, 4) is 0 Å². The van der Waals surface area contributed by atoms with Gasteiger partial charge in [-0.05, 0) is 0 Å². The summed E-state index contributed by atoms with van der Waals surface area (Å²) in [7, 11) is 9.47. The molecular weight excluding hydrogens is 226 g/mol. The predicted molar refractivity (Wildman–Crippen MR) is 11.7 cm³/mol. The zero-order valence-electron chi connectivity index (χ0n) is 1.50. The third kappa shape index (κ3) is 9.23. The van der Waals surface area contributed by atoms with Crippen LogP contribution in [0.15, 0.2) is 0 Å². The summed E-state index contributed by atoms with van der Waals surface area (Å²) in [6, 6.07) is 0. The summed E-state index contributed by atoms with van der Waals surface area (Å²) in [6.07, 6.45) is 0. The maximum Gasteiger partial charge on any atom is 0 e. The molecule has 0 nitrogen and oxygen atoms in total. The standard InChI is InChI=1S/2ClH.Co.Mo/h2*1H;;/q;;+2;/p-2. The Kier molecular flexibility index (Phi) is 20.4. The van der Waals surface area contributed by atoms with Crippen LogP contribution in [0.2, 0.25) is 0 Å². The molecule has 0 N–H and O–H groups in total. The molecular formula is Cl2CoMo. The van der Waals surface area contributed by atoms with E-state index in [0.717, 1.165) is 0 Å². The van der Waals surface area contributed by atoms with Crippen LogP contribution in [0.5, 0.6) is 0 Å². The van der Waals surface area contributed by atoms with Gasteiger partial charge in [0.15, 0.2) is 0 Å². The van der Waals surface area contributed by atoms with E-state index in [2.05, 4.69) is 0 Å².